The SMILES string of the molecule is Nc1nc2c(s1)CC(CNC(=O)c1cc3ccccc3[nH]1)CC2. The minimum Gasteiger partial charge on any atom is -0.375 e. The first-order valence-electron chi connectivity index (χ1n) is 7.79. The van der Waals surface area contributed by atoms with E-state index >= 15 is 0 Å². The molecule has 1 unspecified atom stereocenters. The van der Waals surface area contributed by atoms with Crippen LogP contribution in [0.5, 0.6) is 0 Å². The number of nitrogen functional groups attached to an aromatic ring is 1. The number of hydrogen-bond donors (Lipinski definition) is 3. The molecule has 1 aliphatic carbocycles. The number of nitrogens with two attached hydrogens (primary N) is 1. The predicted octanol–water partition coefficient (Wildman–Crippen LogP) is 2.74. The van der Waals surface area contributed by atoms with Crippen LogP contribution in [-0.2, 0) is 12.8 Å². The Morgan fingerprint density at radius 1 is 1.43 bits per heavy atom. The standard InChI is InChI=1S/C17H18N4OS/c18-17-21-13-6-5-10(7-15(13)23-17)9-19-16(22)14-8-11-3-1-2-4-12(11)20-14/h1-4,8,10,20H,5-7,9H2,(H2,18,21)(H,19,22). The van der Waals surface area contributed by atoms with Gasteiger partial charge in [-0.25, -0.2) is 4.98 Å². The molecule has 4 N–H and O–H groups in total. The second kappa shape index (κ2) is 5.70. The third kappa shape index (κ3) is 2.82. The second-order valence-electron chi connectivity index (χ2n) is 6.01. The van der Waals surface area contributed by atoms with E-state index in [-0.39, 0.29) is 5.91 Å². The van der Waals surface area contributed by atoms with Crippen LogP contribution in [0.2, 0.25) is 0 Å². The first kappa shape index (κ1) is 14.3. The van der Waals surface area contributed by atoms with Crippen molar-refractivity contribution in [3.8, 4) is 0 Å². The van der Waals surface area contributed by atoms with E-state index in [1.165, 1.54) is 4.88 Å². The fraction of sp³-hybridized carbons (Fsp3) is 0.294. The molecule has 23 heavy (non-hydrogen) atoms. The van der Waals surface area contributed by atoms with Crippen LogP contribution in [0.1, 0.15) is 27.5 Å². The molecule has 0 spiro atoms. The Morgan fingerprint density at radius 2 is 2.30 bits per heavy atom. The molecule has 1 aromatic carbocycles. The number of hydrogen-bond acceptors (Lipinski definition) is 4. The highest BCUT2D eigenvalue weighted by molar-refractivity contribution is 7.15. The fourth-order valence-corrected chi connectivity index (χ4v) is 4.16. The monoisotopic (exact) mass is 326 g/mol. The van der Waals surface area contributed by atoms with Gasteiger partial charge in [-0.3, -0.25) is 4.79 Å². The van der Waals surface area contributed by atoms with E-state index in [4.69, 9.17) is 5.73 Å². The maximum absolute atomic E-state index is 12.3. The van der Waals surface area contributed by atoms with Gasteiger partial charge in [-0.05, 0) is 37.3 Å². The lowest BCUT2D eigenvalue weighted by Gasteiger charge is -2.21. The number of anilines is 1. The summed E-state index contributed by atoms with van der Waals surface area (Å²) in [6.45, 7) is 0.686. The fourth-order valence-electron chi connectivity index (χ4n) is 3.17. The summed E-state index contributed by atoms with van der Waals surface area (Å²) in [7, 11) is 0. The Labute approximate surface area is 137 Å². The van der Waals surface area contributed by atoms with Crippen LogP contribution in [-0.4, -0.2) is 22.4 Å². The van der Waals surface area contributed by atoms with Crippen LogP contribution in [0.3, 0.4) is 0 Å². The van der Waals surface area contributed by atoms with Gasteiger partial charge < -0.3 is 16.0 Å². The Kier molecular flexibility index (Phi) is 3.53. The molecule has 0 aliphatic heterocycles. The highest BCUT2D eigenvalue weighted by Gasteiger charge is 2.22. The van der Waals surface area contributed by atoms with Crippen molar-refractivity contribution in [3.63, 3.8) is 0 Å². The molecule has 0 saturated carbocycles. The Bertz CT molecular complexity index is 833. The van der Waals surface area contributed by atoms with Gasteiger partial charge in [0, 0.05) is 22.3 Å². The van der Waals surface area contributed by atoms with Crippen molar-refractivity contribution in [2.45, 2.75) is 19.3 Å². The molecule has 2 heterocycles. The van der Waals surface area contributed by atoms with Gasteiger partial charge >= 0.3 is 0 Å². The van der Waals surface area contributed by atoms with E-state index in [2.05, 4.69) is 15.3 Å². The summed E-state index contributed by atoms with van der Waals surface area (Å²) in [5, 5.41) is 4.76. The van der Waals surface area contributed by atoms with E-state index < -0.39 is 0 Å². The number of para-hydroxylation sites is 1. The average molecular weight is 326 g/mol. The molecule has 5 nitrogen and oxygen atoms in total. The number of fused-ring (bicyclic) bond motifs is 2. The number of thiazole rings is 1. The van der Waals surface area contributed by atoms with Gasteiger partial charge in [-0.15, -0.1) is 11.3 Å². The third-order valence-corrected chi connectivity index (χ3v) is 5.33. The molecule has 0 radical (unpaired) electrons. The summed E-state index contributed by atoms with van der Waals surface area (Å²) in [4.78, 5) is 21.1. The molecule has 0 saturated heterocycles. The zero-order valence-corrected chi connectivity index (χ0v) is 13.5. The molecule has 2 aromatic heterocycles. The van der Waals surface area contributed by atoms with Gasteiger partial charge in [0.25, 0.3) is 5.91 Å². The number of nitrogens with zero attached hydrogens (tertiary/aromatic N) is 1. The molecule has 4 rings (SSSR count). The number of amides is 1. The number of benzene rings is 1. The van der Waals surface area contributed by atoms with Crippen molar-refractivity contribution in [3.05, 3.63) is 46.6 Å². The third-order valence-electron chi connectivity index (χ3n) is 4.38. The van der Waals surface area contributed by atoms with Crippen molar-refractivity contribution in [2.24, 2.45) is 5.92 Å². The van der Waals surface area contributed by atoms with Crippen molar-refractivity contribution >= 4 is 33.3 Å². The first-order chi connectivity index (χ1) is 11.2. The van der Waals surface area contributed by atoms with Crippen molar-refractivity contribution in [1.82, 2.24) is 15.3 Å². The summed E-state index contributed by atoms with van der Waals surface area (Å²) in [6, 6.07) is 9.80. The maximum atomic E-state index is 12.3. The van der Waals surface area contributed by atoms with E-state index in [0.29, 0.717) is 23.3 Å². The van der Waals surface area contributed by atoms with E-state index in [1.807, 2.05) is 30.3 Å². The van der Waals surface area contributed by atoms with Crippen LogP contribution in [0.4, 0.5) is 5.13 Å². The van der Waals surface area contributed by atoms with Gasteiger partial charge in [-0.1, -0.05) is 18.2 Å². The highest BCUT2D eigenvalue weighted by atomic mass is 32.1. The number of carbonyl (C=O) groups is 1. The quantitative estimate of drug-likeness (QED) is 0.692. The Hall–Kier alpha value is -2.34. The lowest BCUT2D eigenvalue weighted by atomic mass is 9.91. The molecule has 6 heteroatoms. The molecule has 1 amide bonds. The lowest BCUT2D eigenvalue weighted by molar-refractivity contribution is 0.0942. The molecule has 1 aliphatic rings. The topological polar surface area (TPSA) is 83.8 Å². The van der Waals surface area contributed by atoms with Gasteiger partial charge in [0.15, 0.2) is 5.13 Å². The Morgan fingerprint density at radius 3 is 3.17 bits per heavy atom. The first-order valence-corrected chi connectivity index (χ1v) is 8.60. The van der Waals surface area contributed by atoms with Crippen LogP contribution in [0, 0.1) is 5.92 Å². The summed E-state index contributed by atoms with van der Waals surface area (Å²) in [5.74, 6) is 0.409. The maximum Gasteiger partial charge on any atom is 0.267 e. The minimum absolute atomic E-state index is 0.0455. The van der Waals surface area contributed by atoms with E-state index in [0.717, 1.165) is 35.9 Å². The number of rotatable bonds is 3. The minimum atomic E-state index is -0.0455. The number of H-pyrrole nitrogens is 1. The van der Waals surface area contributed by atoms with Crippen molar-refractivity contribution < 1.29 is 4.79 Å². The summed E-state index contributed by atoms with van der Waals surface area (Å²) >= 11 is 1.58. The molecule has 1 atom stereocenters. The largest absolute Gasteiger partial charge is 0.375 e. The van der Waals surface area contributed by atoms with Gasteiger partial charge in [0.2, 0.25) is 0 Å². The van der Waals surface area contributed by atoms with Gasteiger partial charge in [-0.2, -0.15) is 0 Å². The highest BCUT2D eigenvalue weighted by Crippen LogP contribution is 2.30. The zero-order chi connectivity index (χ0) is 15.8. The summed E-state index contributed by atoms with van der Waals surface area (Å²) in [5.41, 5.74) is 8.52. The van der Waals surface area contributed by atoms with E-state index in [9.17, 15) is 4.79 Å². The molecule has 0 fully saturated rings. The molecular formula is C17H18N4OS. The average Bonchev–Trinajstić information content (AvgIpc) is 3.14. The van der Waals surface area contributed by atoms with Gasteiger partial charge in [0.1, 0.15) is 5.69 Å². The second-order valence-corrected chi connectivity index (χ2v) is 7.13. The molecule has 0 bridgehead atoms. The van der Waals surface area contributed by atoms with Crippen molar-refractivity contribution in [1.29, 1.82) is 0 Å². The number of aromatic amines is 1. The lowest BCUT2D eigenvalue weighted by Crippen LogP contribution is -2.31. The smallest absolute Gasteiger partial charge is 0.267 e. The summed E-state index contributed by atoms with van der Waals surface area (Å²) in [6.07, 6.45) is 2.95. The van der Waals surface area contributed by atoms with Crippen LogP contribution < -0.4 is 11.1 Å². The van der Waals surface area contributed by atoms with Crippen LogP contribution >= 0.6 is 11.3 Å². The number of carbonyl (C=O) groups excluding carboxylic acids is 1. The molecular weight excluding hydrogens is 308 g/mol. The zero-order valence-electron chi connectivity index (χ0n) is 12.6. The van der Waals surface area contributed by atoms with Crippen molar-refractivity contribution in [2.75, 3.05) is 12.3 Å². The van der Waals surface area contributed by atoms with E-state index in [1.54, 1.807) is 11.3 Å². The number of aromatic nitrogens is 2. The normalized spacial score (nSPS) is 17.1. The number of aryl methyl sites for hydroxylation is 1. The van der Waals surface area contributed by atoms with Crippen LogP contribution in [0.25, 0.3) is 10.9 Å². The van der Waals surface area contributed by atoms with Gasteiger partial charge in [0.05, 0.1) is 5.69 Å². The summed E-state index contributed by atoms with van der Waals surface area (Å²) < 4.78 is 0. The Balaban J connectivity index is 1.40. The predicted molar refractivity (Wildman–Crippen MR) is 92.7 cm³/mol. The van der Waals surface area contributed by atoms with Crippen LogP contribution in [0.15, 0.2) is 30.3 Å². The molecule has 118 valence electrons. The number of nitrogens with one attached hydrogen (secondary N) is 2. The molecule has 3 aromatic rings.